The summed E-state index contributed by atoms with van der Waals surface area (Å²) in [6.07, 6.45) is 2.20. The summed E-state index contributed by atoms with van der Waals surface area (Å²) >= 11 is 0. The number of aromatic amines is 1. The number of nitrogens with one attached hydrogen (secondary N) is 3. The molecule has 0 saturated carbocycles. The monoisotopic (exact) mass is 478 g/mol. The van der Waals surface area contributed by atoms with Gasteiger partial charge >= 0.3 is 0 Å². The van der Waals surface area contributed by atoms with Crippen LogP contribution >= 0.6 is 24.8 Å². The maximum Gasteiger partial charge on any atom is 0.224 e. The molecule has 3 aromatic carbocycles. The first-order chi connectivity index (χ1) is 14.1. The van der Waals surface area contributed by atoms with Crippen LogP contribution in [-0.2, 0) is 9.84 Å². The highest BCUT2D eigenvalue weighted by Gasteiger charge is 2.26. The van der Waals surface area contributed by atoms with E-state index in [4.69, 9.17) is 0 Å². The maximum absolute atomic E-state index is 13.5. The molecule has 0 aliphatic carbocycles. The lowest BCUT2D eigenvalue weighted by Crippen LogP contribution is -2.38. The summed E-state index contributed by atoms with van der Waals surface area (Å²) in [6, 6.07) is 18.8. The first-order valence-electron chi connectivity index (χ1n) is 9.82. The quantitative estimate of drug-likeness (QED) is 0.400. The predicted molar refractivity (Wildman–Crippen MR) is 130 cm³/mol. The Morgan fingerprint density at radius 1 is 0.935 bits per heavy atom. The fourth-order valence-electron chi connectivity index (χ4n) is 4.07. The molecule has 3 N–H and O–H groups in total. The number of halogens is 2. The average Bonchev–Trinajstić information content (AvgIpc) is 3.20. The molecule has 1 aromatic heterocycles. The van der Waals surface area contributed by atoms with Gasteiger partial charge in [0.2, 0.25) is 9.84 Å². The Hall–Kier alpha value is -2.32. The van der Waals surface area contributed by atoms with Gasteiger partial charge in [0.1, 0.15) is 5.52 Å². The number of hydrogen-bond donors (Lipinski definition) is 3. The molecule has 1 aliphatic heterocycles. The van der Waals surface area contributed by atoms with Crippen molar-refractivity contribution in [2.24, 2.45) is 0 Å². The van der Waals surface area contributed by atoms with Crippen molar-refractivity contribution in [3.05, 3.63) is 60.7 Å². The van der Waals surface area contributed by atoms with E-state index in [0.29, 0.717) is 22.3 Å². The van der Waals surface area contributed by atoms with Crippen LogP contribution in [0.3, 0.4) is 0 Å². The molecular weight excluding hydrogens is 455 g/mol. The lowest BCUT2D eigenvalue weighted by Gasteiger charge is -2.24. The molecule has 0 amide bonds. The van der Waals surface area contributed by atoms with Crippen molar-refractivity contribution in [1.82, 2.24) is 15.5 Å². The van der Waals surface area contributed by atoms with Gasteiger partial charge in [-0.25, -0.2) is 8.42 Å². The summed E-state index contributed by atoms with van der Waals surface area (Å²) in [7, 11) is -3.76. The number of piperidine rings is 1. The van der Waals surface area contributed by atoms with Crippen LogP contribution in [0.1, 0.15) is 12.8 Å². The minimum Gasteiger partial charge on any atom is -0.379 e. The largest absolute Gasteiger partial charge is 0.379 e. The van der Waals surface area contributed by atoms with Crippen LogP contribution in [0.15, 0.2) is 70.6 Å². The predicted octanol–water partition coefficient (Wildman–Crippen LogP) is 4.56. The van der Waals surface area contributed by atoms with E-state index in [-0.39, 0.29) is 34.7 Å². The number of fused-ring (bicyclic) bond motifs is 2. The van der Waals surface area contributed by atoms with E-state index in [2.05, 4.69) is 20.8 Å². The molecule has 1 atom stereocenters. The minimum atomic E-state index is -3.76. The Balaban J connectivity index is 0.00000136. The highest BCUT2D eigenvalue weighted by Crippen LogP contribution is 2.33. The SMILES string of the molecule is Cl.Cl.O=S(=O)(c1cccc2ccccc12)c1[nH]nc2c(NC3CCCNC3)cccc12. The molecule has 1 unspecified atom stereocenters. The van der Waals surface area contributed by atoms with Gasteiger partial charge in [-0.2, -0.15) is 5.10 Å². The number of hydrogen-bond acceptors (Lipinski definition) is 5. The van der Waals surface area contributed by atoms with Crippen molar-refractivity contribution >= 4 is 62.0 Å². The van der Waals surface area contributed by atoms with E-state index < -0.39 is 9.84 Å². The van der Waals surface area contributed by atoms with Gasteiger partial charge in [0, 0.05) is 23.4 Å². The maximum atomic E-state index is 13.5. The number of rotatable bonds is 4. The van der Waals surface area contributed by atoms with E-state index in [0.717, 1.165) is 37.0 Å². The van der Waals surface area contributed by atoms with E-state index in [1.165, 1.54) is 0 Å². The third-order valence-electron chi connectivity index (χ3n) is 5.51. The van der Waals surface area contributed by atoms with Crippen molar-refractivity contribution in [2.75, 3.05) is 18.4 Å². The van der Waals surface area contributed by atoms with Crippen LogP contribution in [0.4, 0.5) is 5.69 Å². The molecule has 1 fully saturated rings. The molecule has 6 nitrogen and oxygen atoms in total. The van der Waals surface area contributed by atoms with Crippen molar-refractivity contribution in [2.45, 2.75) is 28.8 Å². The molecule has 0 bridgehead atoms. The molecule has 4 aromatic rings. The normalized spacial score (nSPS) is 16.5. The molecule has 164 valence electrons. The molecular formula is C22H24Cl2N4O2S. The molecule has 1 saturated heterocycles. The molecule has 31 heavy (non-hydrogen) atoms. The Bertz CT molecular complexity index is 1300. The zero-order valence-corrected chi connectivity index (χ0v) is 19.1. The summed E-state index contributed by atoms with van der Waals surface area (Å²) in [5.41, 5.74) is 1.50. The lowest BCUT2D eigenvalue weighted by atomic mass is 10.1. The van der Waals surface area contributed by atoms with Crippen molar-refractivity contribution in [3.63, 3.8) is 0 Å². The van der Waals surface area contributed by atoms with Crippen molar-refractivity contribution < 1.29 is 8.42 Å². The van der Waals surface area contributed by atoms with Gasteiger partial charge in [-0.1, -0.05) is 42.5 Å². The zero-order chi connectivity index (χ0) is 19.8. The second-order valence-corrected chi connectivity index (χ2v) is 9.28. The van der Waals surface area contributed by atoms with Gasteiger partial charge in [0.05, 0.1) is 10.6 Å². The molecule has 2 heterocycles. The molecule has 1 aliphatic rings. The Kier molecular flexibility index (Phi) is 7.11. The van der Waals surface area contributed by atoms with E-state index >= 15 is 0 Å². The first-order valence-corrected chi connectivity index (χ1v) is 11.3. The third-order valence-corrected chi connectivity index (χ3v) is 7.30. The third kappa shape index (κ3) is 4.23. The van der Waals surface area contributed by atoms with E-state index in [1.54, 1.807) is 18.2 Å². The smallest absolute Gasteiger partial charge is 0.224 e. The summed E-state index contributed by atoms with van der Waals surface area (Å²) in [5, 5.41) is 16.4. The fourth-order valence-corrected chi connectivity index (χ4v) is 5.64. The number of anilines is 1. The number of H-pyrrole nitrogens is 1. The van der Waals surface area contributed by atoms with Gasteiger partial charge in [-0.15, -0.1) is 24.8 Å². The average molecular weight is 479 g/mol. The molecule has 9 heteroatoms. The van der Waals surface area contributed by atoms with Gasteiger partial charge in [0.15, 0.2) is 5.03 Å². The van der Waals surface area contributed by atoms with Gasteiger partial charge in [0.25, 0.3) is 0 Å². The Morgan fingerprint density at radius 2 is 1.68 bits per heavy atom. The van der Waals surface area contributed by atoms with Gasteiger partial charge in [-0.3, -0.25) is 5.10 Å². The van der Waals surface area contributed by atoms with Crippen LogP contribution in [0, 0.1) is 0 Å². The van der Waals surface area contributed by atoms with Crippen LogP contribution in [0.25, 0.3) is 21.7 Å². The van der Waals surface area contributed by atoms with Crippen LogP contribution < -0.4 is 10.6 Å². The lowest BCUT2D eigenvalue weighted by molar-refractivity contribution is 0.480. The fraction of sp³-hybridized carbons (Fsp3) is 0.227. The Morgan fingerprint density at radius 3 is 2.48 bits per heavy atom. The second kappa shape index (κ2) is 9.44. The highest BCUT2D eigenvalue weighted by atomic mass is 35.5. The number of nitrogens with zero attached hydrogens (tertiary/aromatic N) is 1. The summed E-state index contributed by atoms with van der Waals surface area (Å²) < 4.78 is 27.0. The first kappa shape index (κ1) is 23.3. The van der Waals surface area contributed by atoms with Gasteiger partial charge in [-0.05, 0) is 43.0 Å². The highest BCUT2D eigenvalue weighted by molar-refractivity contribution is 7.91. The molecule has 0 spiro atoms. The van der Waals surface area contributed by atoms with E-state index in [1.807, 2.05) is 42.5 Å². The van der Waals surface area contributed by atoms with Gasteiger partial charge < -0.3 is 10.6 Å². The topological polar surface area (TPSA) is 86.9 Å². The number of benzene rings is 3. The van der Waals surface area contributed by atoms with Crippen molar-refractivity contribution in [3.8, 4) is 0 Å². The van der Waals surface area contributed by atoms with Crippen LogP contribution in [0.2, 0.25) is 0 Å². The molecule has 0 radical (unpaired) electrons. The summed E-state index contributed by atoms with van der Waals surface area (Å²) in [4.78, 5) is 0.288. The number of sulfone groups is 1. The Labute approximate surface area is 193 Å². The van der Waals surface area contributed by atoms with Crippen LogP contribution in [-0.4, -0.2) is 37.7 Å². The van der Waals surface area contributed by atoms with E-state index in [9.17, 15) is 8.42 Å². The number of aromatic nitrogens is 2. The zero-order valence-electron chi connectivity index (χ0n) is 16.7. The standard InChI is InChI=1S/C22H22N4O2S.2ClH/c27-29(28,20-12-3-7-15-6-1-2-9-17(15)20)22-18-10-4-11-19(21(18)25-26-22)24-16-8-5-13-23-14-16;;/h1-4,6-7,9-12,16,23-24H,5,8,13-14H2,(H,25,26);2*1H. The summed E-state index contributed by atoms with van der Waals surface area (Å²) in [6.45, 7) is 1.93. The minimum absolute atomic E-state index is 0. The van der Waals surface area contributed by atoms with Crippen LogP contribution in [0.5, 0.6) is 0 Å². The summed E-state index contributed by atoms with van der Waals surface area (Å²) in [5.74, 6) is 0. The molecule has 5 rings (SSSR count). The number of para-hydroxylation sites is 1. The second-order valence-electron chi connectivity index (χ2n) is 7.42. The van der Waals surface area contributed by atoms with Crippen molar-refractivity contribution in [1.29, 1.82) is 0 Å².